The van der Waals surface area contributed by atoms with Crippen molar-refractivity contribution in [3.63, 3.8) is 0 Å². The zero-order chi connectivity index (χ0) is 12.7. The fraction of sp³-hybridized carbons (Fsp3) is 0.600. The number of ether oxygens (including phenoxy) is 1. The van der Waals surface area contributed by atoms with Crippen molar-refractivity contribution in [2.75, 3.05) is 7.11 Å². The number of rotatable bonds is 7. The predicted octanol–water partition coefficient (Wildman–Crippen LogP) is 3.39. The molecule has 96 valence electrons. The zero-order valence-electron chi connectivity index (χ0n) is 11.3. The Morgan fingerprint density at radius 3 is 2.53 bits per heavy atom. The Labute approximate surface area is 105 Å². The fourth-order valence-electron chi connectivity index (χ4n) is 2.24. The van der Waals surface area contributed by atoms with Gasteiger partial charge in [-0.05, 0) is 36.5 Å². The Balaban J connectivity index is 2.52. The predicted molar refractivity (Wildman–Crippen MR) is 73.4 cm³/mol. The van der Waals surface area contributed by atoms with Crippen molar-refractivity contribution in [2.24, 2.45) is 11.7 Å². The normalized spacial score (nSPS) is 12.8. The molecule has 0 saturated carbocycles. The highest BCUT2D eigenvalue weighted by molar-refractivity contribution is 5.28. The third kappa shape index (κ3) is 4.78. The molecule has 0 amide bonds. The summed E-state index contributed by atoms with van der Waals surface area (Å²) in [7, 11) is 1.70. The van der Waals surface area contributed by atoms with Gasteiger partial charge in [-0.3, -0.25) is 0 Å². The Hall–Kier alpha value is -1.02. The monoisotopic (exact) mass is 235 g/mol. The van der Waals surface area contributed by atoms with Gasteiger partial charge in [0.1, 0.15) is 5.75 Å². The van der Waals surface area contributed by atoms with Gasteiger partial charge in [0.25, 0.3) is 0 Å². The minimum Gasteiger partial charge on any atom is -0.497 e. The second-order valence-electron chi connectivity index (χ2n) is 4.73. The Bertz CT molecular complexity index is 320. The first kappa shape index (κ1) is 14.0. The van der Waals surface area contributed by atoms with Crippen LogP contribution in [0.15, 0.2) is 24.3 Å². The quantitative estimate of drug-likeness (QED) is 0.786. The number of benzene rings is 1. The summed E-state index contributed by atoms with van der Waals surface area (Å²) >= 11 is 0. The summed E-state index contributed by atoms with van der Waals surface area (Å²) in [6, 6.07) is 8.45. The van der Waals surface area contributed by atoms with Crippen LogP contribution in [-0.2, 0) is 6.42 Å². The van der Waals surface area contributed by atoms with Crippen LogP contribution in [0.2, 0.25) is 0 Å². The molecule has 0 aliphatic carbocycles. The first-order valence-corrected chi connectivity index (χ1v) is 6.58. The van der Waals surface area contributed by atoms with Gasteiger partial charge in [0.2, 0.25) is 0 Å². The van der Waals surface area contributed by atoms with E-state index < -0.39 is 0 Å². The van der Waals surface area contributed by atoms with Gasteiger partial charge in [-0.25, -0.2) is 0 Å². The maximum absolute atomic E-state index is 6.21. The van der Waals surface area contributed by atoms with E-state index in [1.807, 2.05) is 12.1 Å². The molecule has 17 heavy (non-hydrogen) atoms. The molecule has 0 radical (unpaired) electrons. The first-order chi connectivity index (χ1) is 8.19. The van der Waals surface area contributed by atoms with Crippen molar-refractivity contribution in [1.29, 1.82) is 0 Å². The molecule has 2 nitrogen and oxygen atoms in total. The van der Waals surface area contributed by atoms with Crippen molar-refractivity contribution >= 4 is 0 Å². The smallest absolute Gasteiger partial charge is 0.119 e. The van der Waals surface area contributed by atoms with Crippen molar-refractivity contribution in [2.45, 2.75) is 45.6 Å². The lowest BCUT2D eigenvalue weighted by atomic mass is 9.92. The van der Waals surface area contributed by atoms with E-state index in [0.29, 0.717) is 0 Å². The molecule has 1 rings (SSSR count). The number of methoxy groups -OCH3 is 1. The standard InChI is InChI=1S/C15H25NO/c1-4-12(5-2)9-14(16)10-13-7-6-8-15(11-13)17-3/h6-8,11-12,14H,4-5,9-10,16H2,1-3H3. The molecule has 1 unspecified atom stereocenters. The van der Waals surface area contributed by atoms with E-state index in [1.165, 1.54) is 18.4 Å². The van der Waals surface area contributed by atoms with Gasteiger partial charge in [-0.1, -0.05) is 38.8 Å². The maximum Gasteiger partial charge on any atom is 0.119 e. The summed E-state index contributed by atoms with van der Waals surface area (Å²) < 4.78 is 5.22. The summed E-state index contributed by atoms with van der Waals surface area (Å²) in [5, 5.41) is 0. The maximum atomic E-state index is 6.21. The second kappa shape index (κ2) is 7.33. The van der Waals surface area contributed by atoms with E-state index >= 15 is 0 Å². The van der Waals surface area contributed by atoms with E-state index in [-0.39, 0.29) is 6.04 Å². The Morgan fingerprint density at radius 2 is 1.94 bits per heavy atom. The van der Waals surface area contributed by atoms with Gasteiger partial charge in [0.15, 0.2) is 0 Å². The van der Waals surface area contributed by atoms with Crippen LogP contribution >= 0.6 is 0 Å². The largest absolute Gasteiger partial charge is 0.497 e. The molecule has 0 saturated heterocycles. The van der Waals surface area contributed by atoms with Crippen LogP contribution in [0.5, 0.6) is 5.75 Å². The lowest BCUT2D eigenvalue weighted by Gasteiger charge is -2.18. The number of hydrogen-bond acceptors (Lipinski definition) is 2. The van der Waals surface area contributed by atoms with Crippen LogP contribution < -0.4 is 10.5 Å². The van der Waals surface area contributed by atoms with Gasteiger partial charge in [-0.15, -0.1) is 0 Å². The van der Waals surface area contributed by atoms with Crippen LogP contribution in [0.4, 0.5) is 0 Å². The van der Waals surface area contributed by atoms with Crippen molar-refractivity contribution < 1.29 is 4.74 Å². The van der Waals surface area contributed by atoms with E-state index in [1.54, 1.807) is 7.11 Å². The molecule has 0 bridgehead atoms. The molecule has 0 aliphatic heterocycles. The van der Waals surface area contributed by atoms with E-state index in [2.05, 4.69) is 26.0 Å². The molecule has 1 aromatic carbocycles. The van der Waals surface area contributed by atoms with E-state index in [4.69, 9.17) is 10.5 Å². The average Bonchev–Trinajstić information content (AvgIpc) is 2.36. The van der Waals surface area contributed by atoms with Crippen LogP contribution in [0.25, 0.3) is 0 Å². The summed E-state index contributed by atoms with van der Waals surface area (Å²) in [6.45, 7) is 4.48. The van der Waals surface area contributed by atoms with Gasteiger partial charge in [0, 0.05) is 6.04 Å². The summed E-state index contributed by atoms with van der Waals surface area (Å²) in [6.07, 6.45) is 4.50. The van der Waals surface area contributed by atoms with Crippen LogP contribution in [0.1, 0.15) is 38.7 Å². The third-order valence-corrected chi connectivity index (χ3v) is 3.42. The second-order valence-corrected chi connectivity index (χ2v) is 4.73. The van der Waals surface area contributed by atoms with Crippen molar-refractivity contribution in [3.8, 4) is 5.75 Å². The van der Waals surface area contributed by atoms with Crippen LogP contribution in [0.3, 0.4) is 0 Å². The highest BCUT2D eigenvalue weighted by Gasteiger charge is 2.11. The Morgan fingerprint density at radius 1 is 1.24 bits per heavy atom. The fourth-order valence-corrected chi connectivity index (χ4v) is 2.24. The van der Waals surface area contributed by atoms with Gasteiger partial charge < -0.3 is 10.5 Å². The molecule has 0 aliphatic rings. The Kier molecular flexibility index (Phi) is 6.06. The molecule has 0 heterocycles. The summed E-state index contributed by atoms with van der Waals surface area (Å²) in [4.78, 5) is 0. The molecular weight excluding hydrogens is 210 g/mol. The SMILES string of the molecule is CCC(CC)CC(N)Cc1cccc(OC)c1. The molecule has 1 aromatic rings. The van der Waals surface area contributed by atoms with E-state index in [0.717, 1.165) is 24.5 Å². The molecule has 2 N–H and O–H groups in total. The number of hydrogen-bond donors (Lipinski definition) is 1. The van der Waals surface area contributed by atoms with Crippen molar-refractivity contribution in [3.05, 3.63) is 29.8 Å². The highest BCUT2D eigenvalue weighted by Crippen LogP contribution is 2.18. The lowest BCUT2D eigenvalue weighted by molar-refractivity contribution is 0.404. The van der Waals surface area contributed by atoms with Crippen molar-refractivity contribution in [1.82, 2.24) is 0 Å². The molecular formula is C15H25NO. The third-order valence-electron chi connectivity index (χ3n) is 3.42. The van der Waals surface area contributed by atoms with Crippen LogP contribution in [-0.4, -0.2) is 13.2 Å². The van der Waals surface area contributed by atoms with Gasteiger partial charge in [-0.2, -0.15) is 0 Å². The van der Waals surface area contributed by atoms with Crippen LogP contribution in [0, 0.1) is 5.92 Å². The highest BCUT2D eigenvalue weighted by atomic mass is 16.5. The summed E-state index contributed by atoms with van der Waals surface area (Å²) in [5.74, 6) is 1.67. The zero-order valence-corrected chi connectivity index (χ0v) is 11.3. The van der Waals surface area contributed by atoms with Gasteiger partial charge in [0.05, 0.1) is 7.11 Å². The summed E-state index contributed by atoms with van der Waals surface area (Å²) in [5.41, 5.74) is 7.47. The molecule has 0 fully saturated rings. The molecule has 0 aromatic heterocycles. The molecule has 2 heteroatoms. The van der Waals surface area contributed by atoms with E-state index in [9.17, 15) is 0 Å². The number of nitrogens with two attached hydrogens (primary N) is 1. The molecule has 1 atom stereocenters. The minimum absolute atomic E-state index is 0.256. The molecule has 0 spiro atoms. The lowest BCUT2D eigenvalue weighted by Crippen LogP contribution is -2.25. The minimum atomic E-state index is 0.256. The first-order valence-electron chi connectivity index (χ1n) is 6.58. The van der Waals surface area contributed by atoms with Gasteiger partial charge >= 0.3 is 0 Å². The average molecular weight is 235 g/mol. The topological polar surface area (TPSA) is 35.2 Å².